The largest absolute Gasteiger partial charge is 0.465 e. The van der Waals surface area contributed by atoms with Gasteiger partial charge < -0.3 is 9.47 Å². The Morgan fingerprint density at radius 1 is 0.917 bits per heavy atom. The van der Waals surface area contributed by atoms with Crippen LogP contribution in [0.2, 0.25) is 0 Å². The van der Waals surface area contributed by atoms with E-state index in [4.69, 9.17) is 9.47 Å². The molecular formula is C20H36O4. The van der Waals surface area contributed by atoms with Crippen LogP contribution in [0.5, 0.6) is 0 Å². The Hall–Kier alpha value is -1.06. The zero-order valence-electron chi connectivity index (χ0n) is 15.9. The highest BCUT2D eigenvalue weighted by molar-refractivity contribution is 5.76. The fourth-order valence-corrected chi connectivity index (χ4v) is 3.24. The molecule has 1 saturated carbocycles. The van der Waals surface area contributed by atoms with Crippen LogP contribution in [0.4, 0.5) is 0 Å². The van der Waals surface area contributed by atoms with Crippen LogP contribution in [0.15, 0.2) is 0 Å². The molecule has 1 fully saturated rings. The second-order valence-electron chi connectivity index (χ2n) is 7.49. The fourth-order valence-electron chi connectivity index (χ4n) is 3.24. The minimum atomic E-state index is -0.139. The quantitative estimate of drug-likeness (QED) is 0.397. The molecule has 24 heavy (non-hydrogen) atoms. The molecule has 0 radical (unpaired) electrons. The molecule has 4 heteroatoms. The Kier molecular flexibility index (Phi) is 10.8. The molecule has 0 heterocycles. The van der Waals surface area contributed by atoms with E-state index in [2.05, 4.69) is 13.8 Å². The van der Waals surface area contributed by atoms with Crippen molar-refractivity contribution in [2.24, 2.45) is 17.8 Å². The van der Waals surface area contributed by atoms with E-state index in [1.54, 1.807) is 0 Å². The van der Waals surface area contributed by atoms with Crippen molar-refractivity contribution >= 4 is 11.9 Å². The predicted molar refractivity (Wildman–Crippen MR) is 95.6 cm³/mol. The Morgan fingerprint density at radius 3 is 2.08 bits per heavy atom. The summed E-state index contributed by atoms with van der Waals surface area (Å²) in [5.74, 6) is 0.258. The molecule has 2 unspecified atom stereocenters. The molecule has 0 aliphatic heterocycles. The zero-order valence-corrected chi connectivity index (χ0v) is 15.9. The average molecular weight is 341 g/mol. The summed E-state index contributed by atoms with van der Waals surface area (Å²) in [6.07, 6.45) is 9.82. The van der Waals surface area contributed by atoms with Crippen molar-refractivity contribution in [3.63, 3.8) is 0 Å². The van der Waals surface area contributed by atoms with E-state index in [1.165, 1.54) is 19.3 Å². The monoisotopic (exact) mass is 340 g/mol. The van der Waals surface area contributed by atoms with Crippen LogP contribution >= 0.6 is 0 Å². The highest BCUT2D eigenvalue weighted by Crippen LogP contribution is 2.30. The van der Waals surface area contributed by atoms with Crippen LogP contribution in [0.1, 0.15) is 85.0 Å². The van der Waals surface area contributed by atoms with E-state index in [9.17, 15) is 9.59 Å². The first kappa shape index (κ1) is 21.0. The summed E-state index contributed by atoms with van der Waals surface area (Å²) in [4.78, 5) is 24.1. The van der Waals surface area contributed by atoms with E-state index in [-0.39, 0.29) is 23.8 Å². The van der Waals surface area contributed by atoms with Gasteiger partial charge in [0.2, 0.25) is 0 Å². The van der Waals surface area contributed by atoms with Crippen LogP contribution in [-0.4, -0.2) is 25.2 Å². The summed E-state index contributed by atoms with van der Waals surface area (Å²) in [5.41, 5.74) is 0. The third-order valence-corrected chi connectivity index (χ3v) is 4.71. The maximum absolute atomic E-state index is 12.2. The Bertz CT molecular complexity index is 365. The van der Waals surface area contributed by atoms with Gasteiger partial charge in [0, 0.05) is 0 Å². The number of carbonyl (C=O) groups excluding carboxylic acids is 2. The zero-order chi connectivity index (χ0) is 17.8. The van der Waals surface area contributed by atoms with Crippen LogP contribution in [0, 0.1) is 17.8 Å². The summed E-state index contributed by atoms with van der Waals surface area (Å²) in [6.45, 7) is 7.47. The van der Waals surface area contributed by atoms with Crippen molar-refractivity contribution < 1.29 is 19.1 Å². The lowest BCUT2D eigenvalue weighted by molar-refractivity contribution is -0.155. The number of ether oxygens (including phenoxy) is 2. The van der Waals surface area contributed by atoms with Crippen molar-refractivity contribution in [2.45, 2.75) is 85.0 Å². The van der Waals surface area contributed by atoms with Crippen LogP contribution < -0.4 is 0 Å². The fraction of sp³-hybridized carbons (Fsp3) is 0.900. The van der Waals surface area contributed by atoms with Gasteiger partial charge >= 0.3 is 11.9 Å². The number of rotatable bonds is 11. The lowest BCUT2D eigenvalue weighted by atomic mass is 9.81. The van der Waals surface area contributed by atoms with Crippen LogP contribution in [-0.2, 0) is 19.1 Å². The summed E-state index contributed by atoms with van der Waals surface area (Å²) < 4.78 is 10.6. The lowest BCUT2D eigenvalue weighted by Crippen LogP contribution is -2.30. The molecule has 140 valence electrons. The van der Waals surface area contributed by atoms with E-state index in [0.717, 1.165) is 44.4 Å². The first-order valence-corrected chi connectivity index (χ1v) is 9.87. The average Bonchev–Trinajstić information content (AvgIpc) is 2.58. The highest BCUT2D eigenvalue weighted by atomic mass is 16.5. The Labute approximate surface area is 147 Å². The number of hydrogen-bond acceptors (Lipinski definition) is 4. The number of unbranched alkanes of at least 4 members (excludes halogenated alkanes) is 3. The first-order chi connectivity index (χ1) is 11.5. The maximum Gasteiger partial charge on any atom is 0.308 e. The van der Waals surface area contributed by atoms with Gasteiger partial charge in [-0.05, 0) is 38.0 Å². The van der Waals surface area contributed by atoms with Crippen molar-refractivity contribution in [3.8, 4) is 0 Å². The van der Waals surface area contributed by atoms with Crippen LogP contribution in [0.3, 0.4) is 0 Å². The Balaban J connectivity index is 2.16. The van der Waals surface area contributed by atoms with E-state index >= 15 is 0 Å². The van der Waals surface area contributed by atoms with Crippen molar-refractivity contribution in [2.75, 3.05) is 13.2 Å². The van der Waals surface area contributed by atoms with Gasteiger partial charge in [-0.25, -0.2) is 0 Å². The van der Waals surface area contributed by atoms with E-state index in [0.29, 0.717) is 19.6 Å². The molecule has 0 amide bonds. The minimum Gasteiger partial charge on any atom is -0.465 e. The third-order valence-electron chi connectivity index (χ3n) is 4.71. The normalized spacial score (nSPS) is 20.8. The second kappa shape index (κ2) is 12.3. The van der Waals surface area contributed by atoms with Gasteiger partial charge in [0.05, 0.1) is 25.0 Å². The van der Waals surface area contributed by atoms with E-state index < -0.39 is 0 Å². The third kappa shape index (κ3) is 8.70. The predicted octanol–water partition coefficient (Wildman–Crippen LogP) is 4.90. The summed E-state index contributed by atoms with van der Waals surface area (Å²) in [5, 5.41) is 0. The number of hydrogen-bond donors (Lipinski definition) is 0. The van der Waals surface area contributed by atoms with Gasteiger partial charge in [0.1, 0.15) is 0 Å². The summed E-state index contributed by atoms with van der Waals surface area (Å²) in [7, 11) is 0. The number of esters is 2. The lowest BCUT2D eigenvalue weighted by Gasteiger charge is -2.26. The second-order valence-corrected chi connectivity index (χ2v) is 7.49. The maximum atomic E-state index is 12.2. The molecule has 0 aromatic heterocycles. The summed E-state index contributed by atoms with van der Waals surface area (Å²) >= 11 is 0. The van der Waals surface area contributed by atoms with Gasteiger partial charge in [-0.1, -0.05) is 52.9 Å². The van der Waals surface area contributed by atoms with Gasteiger partial charge in [-0.15, -0.1) is 0 Å². The van der Waals surface area contributed by atoms with Crippen molar-refractivity contribution in [3.05, 3.63) is 0 Å². The summed E-state index contributed by atoms with van der Waals surface area (Å²) in [6, 6.07) is 0. The Morgan fingerprint density at radius 2 is 1.50 bits per heavy atom. The van der Waals surface area contributed by atoms with E-state index in [1.807, 2.05) is 6.92 Å². The van der Waals surface area contributed by atoms with Gasteiger partial charge in [-0.3, -0.25) is 9.59 Å². The van der Waals surface area contributed by atoms with Gasteiger partial charge in [0.25, 0.3) is 0 Å². The minimum absolute atomic E-state index is 0.120. The smallest absolute Gasteiger partial charge is 0.308 e. The molecule has 0 saturated heterocycles. The number of carbonyl (C=O) groups is 2. The molecule has 1 rings (SSSR count). The molecule has 1 aliphatic carbocycles. The highest BCUT2D eigenvalue weighted by Gasteiger charge is 2.32. The van der Waals surface area contributed by atoms with Crippen molar-refractivity contribution in [1.29, 1.82) is 0 Å². The van der Waals surface area contributed by atoms with Gasteiger partial charge in [0.15, 0.2) is 0 Å². The van der Waals surface area contributed by atoms with Gasteiger partial charge in [-0.2, -0.15) is 0 Å². The molecule has 4 nitrogen and oxygen atoms in total. The molecule has 1 aliphatic rings. The molecule has 0 spiro atoms. The molecule has 0 aromatic carbocycles. The molecule has 0 bridgehead atoms. The van der Waals surface area contributed by atoms with Crippen molar-refractivity contribution in [1.82, 2.24) is 0 Å². The topological polar surface area (TPSA) is 52.6 Å². The molecule has 2 atom stereocenters. The standard InChI is InChI=1S/C20H36O4/c1-4-13-23-19(21)17-11-9-12-18(15-17)20(22)24-14-8-6-5-7-10-16(2)3/h16-18H,4-15H2,1-3H3. The first-order valence-electron chi connectivity index (χ1n) is 9.87. The molecule has 0 N–H and O–H groups in total. The molecule has 0 aromatic rings. The van der Waals surface area contributed by atoms with Crippen LogP contribution in [0.25, 0.3) is 0 Å². The molecular weight excluding hydrogens is 304 g/mol. The SMILES string of the molecule is CCCOC(=O)C1CCCC(C(=O)OCCCCCCC(C)C)C1.